The fourth-order valence-corrected chi connectivity index (χ4v) is 4.65. The van der Waals surface area contributed by atoms with Crippen LogP contribution in [0.3, 0.4) is 0 Å². The van der Waals surface area contributed by atoms with Gasteiger partial charge in [0.2, 0.25) is 0 Å². The summed E-state index contributed by atoms with van der Waals surface area (Å²) in [5, 5.41) is 7.10. The van der Waals surface area contributed by atoms with E-state index in [0.717, 1.165) is 22.0 Å². The van der Waals surface area contributed by atoms with Crippen molar-refractivity contribution in [1.82, 2.24) is 15.2 Å². The second-order valence-corrected chi connectivity index (χ2v) is 9.17. The van der Waals surface area contributed by atoms with Crippen molar-refractivity contribution in [3.05, 3.63) is 104 Å². The molecule has 0 amide bonds. The summed E-state index contributed by atoms with van der Waals surface area (Å²) in [5.74, 6) is 0. The van der Waals surface area contributed by atoms with E-state index in [1.54, 1.807) is 11.3 Å². The average Bonchev–Trinajstić information content (AvgIpc) is 3.26. The number of hydrogen-bond acceptors (Lipinski definition) is 3. The van der Waals surface area contributed by atoms with Crippen LogP contribution >= 0.6 is 23.6 Å². The van der Waals surface area contributed by atoms with Crippen molar-refractivity contribution in [2.45, 2.75) is 33.5 Å². The largest absolute Gasteiger partial charge is 0.358 e. The number of hydrogen-bond donors (Lipinski definition) is 2. The zero-order valence-corrected chi connectivity index (χ0v) is 19.3. The normalized spacial score (nSPS) is 10.9. The zero-order valence-electron chi connectivity index (χ0n) is 17.6. The second-order valence-electron chi connectivity index (χ2n) is 7.75. The molecule has 4 nitrogen and oxygen atoms in total. The van der Waals surface area contributed by atoms with Crippen molar-refractivity contribution in [2.75, 3.05) is 0 Å². The van der Waals surface area contributed by atoms with Crippen molar-refractivity contribution in [3.8, 4) is 0 Å². The van der Waals surface area contributed by atoms with Gasteiger partial charge in [-0.3, -0.25) is 4.79 Å². The van der Waals surface area contributed by atoms with Crippen LogP contribution in [0.4, 0.5) is 0 Å². The summed E-state index contributed by atoms with van der Waals surface area (Å²) in [6, 6.07) is 20.5. The Morgan fingerprint density at radius 2 is 1.87 bits per heavy atom. The number of nitrogens with one attached hydrogen (secondary N) is 2. The van der Waals surface area contributed by atoms with E-state index in [-0.39, 0.29) is 5.56 Å². The molecule has 0 bridgehead atoms. The van der Waals surface area contributed by atoms with Gasteiger partial charge in [-0.15, -0.1) is 11.3 Å². The van der Waals surface area contributed by atoms with Crippen molar-refractivity contribution in [3.63, 3.8) is 0 Å². The molecule has 0 saturated carbocycles. The molecule has 2 heterocycles. The van der Waals surface area contributed by atoms with Gasteiger partial charge in [0, 0.05) is 17.0 Å². The monoisotopic (exact) mass is 447 g/mol. The summed E-state index contributed by atoms with van der Waals surface area (Å²) in [6.07, 6.45) is 0. The molecule has 158 valence electrons. The molecule has 4 aromatic rings. The molecule has 0 radical (unpaired) electrons. The van der Waals surface area contributed by atoms with Gasteiger partial charge >= 0.3 is 0 Å². The van der Waals surface area contributed by atoms with Crippen molar-refractivity contribution in [1.29, 1.82) is 0 Å². The zero-order chi connectivity index (χ0) is 21.8. The first-order valence-electron chi connectivity index (χ1n) is 10.2. The highest BCUT2D eigenvalue weighted by Gasteiger charge is 2.15. The maximum atomic E-state index is 12.9. The van der Waals surface area contributed by atoms with Gasteiger partial charge < -0.3 is 15.2 Å². The number of H-pyrrole nitrogens is 1. The van der Waals surface area contributed by atoms with E-state index in [1.165, 1.54) is 10.4 Å². The quantitative estimate of drug-likeness (QED) is 0.395. The molecule has 0 aliphatic rings. The Morgan fingerprint density at radius 3 is 2.61 bits per heavy atom. The van der Waals surface area contributed by atoms with Gasteiger partial charge in [0.05, 0.1) is 18.6 Å². The van der Waals surface area contributed by atoms with Crippen LogP contribution in [-0.4, -0.2) is 15.0 Å². The third kappa shape index (κ3) is 5.21. The molecule has 2 aromatic heterocycles. The average molecular weight is 448 g/mol. The minimum Gasteiger partial charge on any atom is -0.358 e. The molecule has 0 atom stereocenters. The van der Waals surface area contributed by atoms with Gasteiger partial charge in [0.25, 0.3) is 5.56 Å². The third-order valence-corrected chi connectivity index (χ3v) is 6.50. The van der Waals surface area contributed by atoms with E-state index in [4.69, 9.17) is 12.2 Å². The van der Waals surface area contributed by atoms with Crippen LogP contribution in [0, 0.1) is 13.8 Å². The van der Waals surface area contributed by atoms with E-state index < -0.39 is 0 Å². The highest BCUT2D eigenvalue weighted by molar-refractivity contribution is 7.80. The SMILES string of the molecule is Cc1cc(C)c2[nH]c(=O)c(CN(Cc3cccs3)C(=S)NCc3ccccc3)cc2c1. The van der Waals surface area contributed by atoms with E-state index in [9.17, 15) is 4.79 Å². The first-order chi connectivity index (χ1) is 15.0. The highest BCUT2D eigenvalue weighted by Crippen LogP contribution is 2.20. The molecule has 2 N–H and O–H groups in total. The molecule has 0 unspecified atom stereocenters. The molecule has 0 aliphatic heterocycles. The lowest BCUT2D eigenvalue weighted by Crippen LogP contribution is -2.39. The second kappa shape index (κ2) is 9.45. The van der Waals surface area contributed by atoms with Gasteiger partial charge in [0.1, 0.15) is 0 Å². The summed E-state index contributed by atoms with van der Waals surface area (Å²) < 4.78 is 0. The number of rotatable bonds is 6. The fourth-order valence-electron chi connectivity index (χ4n) is 3.73. The maximum absolute atomic E-state index is 12.9. The van der Waals surface area contributed by atoms with E-state index >= 15 is 0 Å². The van der Waals surface area contributed by atoms with Crippen molar-refractivity contribution in [2.24, 2.45) is 0 Å². The minimum absolute atomic E-state index is 0.0681. The number of thiophene rings is 1. The van der Waals surface area contributed by atoms with Gasteiger partial charge in [-0.1, -0.05) is 48.0 Å². The predicted molar refractivity (Wildman–Crippen MR) is 133 cm³/mol. The Kier molecular flexibility index (Phi) is 6.49. The van der Waals surface area contributed by atoms with E-state index in [1.807, 2.05) is 37.3 Å². The standard InChI is InChI=1S/C25H25N3OS2/c1-17-11-18(2)23-20(12-17)13-21(24(29)27-23)15-28(16-22-9-6-10-31-22)25(30)26-14-19-7-4-3-5-8-19/h3-13H,14-16H2,1-2H3,(H,26,30)(H,27,29). The molecule has 0 aliphatic carbocycles. The lowest BCUT2D eigenvalue weighted by Gasteiger charge is -2.25. The number of aromatic amines is 1. The number of fused-ring (bicyclic) bond motifs is 1. The Hall–Kier alpha value is -2.96. The number of aryl methyl sites for hydroxylation is 2. The van der Waals surface area contributed by atoms with Crippen molar-refractivity contribution >= 4 is 39.6 Å². The molecule has 2 aromatic carbocycles. The van der Waals surface area contributed by atoms with E-state index in [0.29, 0.717) is 30.3 Å². The number of aromatic nitrogens is 1. The molecular weight excluding hydrogens is 422 g/mol. The van der Waals surface area contributed by atoms with Gasteiger partial charge in [0.15, 0.2) is 5.11 Å². The number of thiocarbonyl (C=S) groups is 1. The topological polar surface area (TPSA) is 48.1 Å². The van der Waals surface area contributed by atoms with Crippen LogP contribution in [0.25, 0.3) is 10.9 Å². The first-order valence-corrected chi connectivity index (χ1v) is 11.5. The van der Waals surface area contributed by atoms with Gasteiger partial charge in [-0.05, 0) is 66.2 Å². The van der Waals surface area contributed by atoms with Crippen LogP contribution in [0.2, 0.25) is 0 Å². The molecule has 0 spiro atoms. The van der Waals surface area contributed by atoms with Crippen LogP contribution in [-0.2, 0) is 19.6 Å². The van der Waals surface area contributed by atoms with Crippen molar-refractivity contribution < 1.29 is 0 Å². The summed E-state index contributed by atoms with van der Waals surface area (Å²) in [6.45, 7) is 5.84. The Morgan fingerprint density at radius 1 is 1.06 bits per heavy atom. The van der Waals surface area contributed by atoms with E-state index in [2.05, 4.69) is 57.8 Å². The summed E-state index contributed by atoms with van der Waals surface area (Å²) >= 11 is 7.42. The summed E-state index contributed by atoms with van der Waals surface area (Å²) in [7, 11) is 0. The number of benzene rings is 2. The lowest BCUT2D eigenvalue weighted by molar-refractivity contribution is 0.400. The molecule has 31 heavy (non-hydrogen) atoms. The fraction of sp³-hybridized carbons (Fsp3) is 0.200. The highest BCUT2D eigenvalue weighted by atomic mass is 32.1. The van der Waals surface area contributed by atoms with Crippen LogP contribution < -0.4 is 10.9 Å². The third-order valence-electron chi connectivity index (χ3n) is 5.23. The number of nitrogens with zero attached hydrogens (tertiary/aromatic N) is 1. The Bertz CT molecular complexity index is 1250. The molecule has 0 saturated heterocycles. The molecular formula is C25H25N3OS2. The molecule has 0 fully saturated rings. The first kappa shape index (κ1) is 21.3. The minimum atomic E-state index is -0.0681. The molecule has 4 rings (SSSR count). The smallest absolute Gasteiger partial charge is 0.253 e. The predicted octanol–water partition coefficient (Wildman–Crippen LogP) is 5.28. The Labute approximate surface area is 191 Å². The van der Waals surface area contributed by atoms with Gasteiger partial charge in [-0.25, -0.2) is 0 Å². The van der Waals surface area contributed by atoms with Crippen LogP contribution in [0.5, 0.6) is 0 Å². The van der Waals surface area contributed by atoms with Gasteiger partial charge in [-0.2, -0.15) is 0 Å². The maximum Gasteiger partial charge on any atom is 0.253 e. The Balaban J connectivity index is 1.60. The van der Waals surface area contributed by atoms with Crippen LogP contribution in [0.1, 0.15) is 27.1 Å². The summed E-state index contributed by atoms with van der Waals surface area (Å²) in [5.41, 5.74) is 4.96. The summed E-state index contributed by atoms with van der Waals surface area (Å²) in [4.78, 5) is 19.2. The lowest BCUT2D eigenvalue weighted by atomic mass is 10.1. The molecule has 6 heteroatoms. The van der Waals surface area contributed by atoms with Crippen LogP contribution in [0.15, 0.2) is 70.8 Å². The number of pyridine rings is 1.